The van der Waals surface area contributed by atoms with Crippen LogP contribution in [0.3, 0.4) is 0 Å². The fourth-order valence-electron chi connectivity index (χ4n) is 3.08. The number of nitrogens with one attached hydrogen (secondary N) is 2. The molecule has 0 aliphatic heterocycles. The summed E-state index contributed by atoms with van der Waals surface area (Å²) in [7, 11) is 0. The Hall–Kier alpha value is -4.01. The van der Waals surface area contributed by atoms with Crippen LogP contribution in [0.2, 0.25) is 0 Å². The third-order valence-electron chi connectivity index (χ3n) is 4.85. The Labute approximate surface area is 215 Å². The number of hydrogen-bond acceptors (Lipinski definition) is 7. The molecule has 1 aromatic carbocycles. The Bertz CT molecular complexity index is 1220. The number of benzene rings is 1. The highest BCUT2D eigenvalue weighted by molar-refractivity contribution is 7.99. The van der Waals surface area contributed by atoms with Crippen LogP contribution in [0.4, 0.5) is 11.4 Å². The summed E-state index contributed by atoms with van der Waals surface area (Å²) in [5.41, 5.74) is 5.26. The maximum atomic E-state index is 12.7. The summed E-state index contributed by atoms with van der Waals surface area (Å²) in [4.78, 5) is 12.4. The zero-order chi connectivity index (χ0) is 26.5. The van der Waals surface area contributed by atoms with Gasteiger partial charge >= 0.3 is 0 Å². The molecule has 36 heavy (non-hydrogen) atoms. The lowest BCUT2D eigenvalue weighted by Gasteiger charge is -2.15. The van der Waals surface area contributed by atoms with E-state index in [4.69, 9.17) is 10.1 Å². The van der Waals surface area contributed by atoms with E-state index < -0.39 is 11.2 Å². The van der Waals surface area contributed by atoms with Crippen molar-refractivity contribution in [3.05, 3.63) is 118 Å². The molecule has 0 fully saturated rings. The molecule has 1 aliphatic rings. The lowest BCUT2D eigenvalue weighted by Crippen LogP contribution is -2.17. The molecule has 7 nitrogen and oxygen atoms in total. The zero-order valence-corrected chi connectivity index (χ0v) is 21.3. The van der Waals surface area contributed by atoms with Gasteiger partial charge < -0.3 is 9.29 Å². The highest BCUT2D eigenvalue weighted by Gasteiger charge is 2.21. The quantitative estimate of drug-likeness (QED) is 0.0985. The molecule has 1 atom stereocenters. The van der Waals surface area contributed by atoms with Crippen molar-refractivity contribution >= 4 is 34.0 Å². The summed E-state index contributed by atoms with van der Waals surface area (Å²) >= 11 is -1.50. The average molecular weight is 503 g/mol. The molecule has 1 aromatic rings. The number of ether oxygens (including phenoxy) is 1. The summed E-state index contributed by atoms with van der Waals surface area (Å²) in [6, 6.07) is 3.36. The van der Waals surface area contributed by atoms with Gasteiger partial charge in [-0.25, -0.2) is 0 Å². The fraction of sp³-hybridized carbons (Fsp3) is 0.143. The van der Waals surface area contributed by atoms with Gasteiger partial charge in [-0.3, -0.25) is 10.8 Å². The van der Waals surface area contributed by atoms with Crippen LogP contribution in [0.1, 0.15) is 18.9 Å². The largest absolute Gasteiger partial charge is 0.606 e. The highest BCUT2D eigenvalue weighted by Crippen LogP contribution is 2.34. The van der Waals surface area contributed by atoms with Gasteiger partial charge in [0.2, 0.25) is 0 Å². The second-order valence-electron chi connectivity index (χ2n) is 7.48. The standard InChI is InChI=1S/C28H30N4O3S/c1-6-10-13-21(11-7-2)19-35-22-16-20(5)28(32-33)27(17-22)31-30-26-15-14-24(18-25(26)29)36(34)23(9-4)12-8-3/h7-18,29,31H,2-4,6,19H2,1,5H3/b13-10-,21-11+,23-12+,29-25?,30-26-. The number of hydrazone groups is 1. The molecule has 0 amide bonds. The molecule has 2 rings (SSSR count). The maximum Gasteiger partial charge on any atom is 0.160 e. The van der Waals surface area contributed by atoms with Gasteiger partial charge in [0.25, 0.3) is 0 Å². The molecule has 0 radical (unpaired) electrons. The van der Waals surface area contributed by atoms with Gasteiger partial charge in [-0.2, -0.15) is 5.10 Å². The van der Waals surface area contributed by atoms with Crippen molar-refractivity contribution in [1.29, 1.82) is 5.41 Å². The third kappa shape index (κ3) is 7.76. The minimum atomic E-state index is -1.50. The van der Waals surface area contributed by atoms with E-state index in [0.29, 0.717) is 39.1 Å². The molecular weight excluding hydrogens is 472 g/mol. The van der Waals surface area contributed by atoms with Crippen LogP contribution in [0, 0.1) is 17.2 Å². The molecule has 1 aliphatic carbocycles. The van der Waals surface area contributed by atoms with Gasteiger partial charge in [0.1, 0.15) is 23.8 Å². The topological polar surface area (TPSA) is 110 Å². The van der Waals surface area contributed by atoms with Crippen molar-refractivity contribution in [3.8, 4) is 5.75 Å². The predicted molar refractivity (Wildman–Crippen MR) is 152 cm³/mol. The van der Waals surface area contributed by atoms with Gasteiger partial charge in [0.05, 0.1) is 11.4 Å². The van der Waals surface area contributed by atoms with Crippen LogP contribution < -0.4 is 10.2 Å². The zero-order valence-electron chi connectivity index (χ0n) is 20.5. The molecule has 0 spiro atoms. The molecule has 0 saturated carbocycles. The fourth-order valence-corrected chi connectivity index (χ4v) is 4.14. The predicted octanol–water partition coefficient (Wildman–Crippen LogP) is 7.10. The van der Waals surface area contributed by atoms with Gasteiger partial charge in [0.15, 0.2) is 9.81 Å². The second-order valence-corrected chi connectivity index (χ2v) is 8.96. The van der Waals surface area contributed by atoms with Crippen LogP contribution in [0.5, 0.6) is 5.75 Å². The van der Waals surface area contributed by atoms with E-state index in [1.807, 2.05) is 25.2 Å². The minimum Gasteiger partial charge on any atom is -0.606 e. The second kappa shape index (κ2) is 14.4. The first-order valence-corrected chi connectivity index (χ1v) is 12.3. The van der Waals surface area contributed by atoms with Crippen molar-refractivity contribution in [2.24, 2.45) is 10.3 Å². The first kappa shape index (κ1) is 28.2. The Morgan fingerprint density at radius 3 is 2.58 bits per heavy atom. The Morgan fingerprint density at radius 1 is 1.22 bits per heavy atom. The summed E-state index contributed by atoms with van der Waals surface area (Å²) in [5.74, 6) is 0.528. The number of nitroso groups, excluding NO2 is 1. The van der Waals surface area contributed by atoms with Crippen LogP contribution in [0.15, 0.2) is 118 Å². The van der Waals surface area contributed by atoms with Gasteiger partial charge in [0, 0.05) is 23.3 Å². The molecule has 0 aromatic heterocycles. The van der Waals surface area contributed by atoms with E-state index in [1.54, 1.807) is 43.4 Å². The highest BCUT2D eigenvalue weighted by atomic mass is 32.2. The van der Waals surface area contributed by atoms with E-state index >= 15 is 0 Å². The normalized spacial score (nSPS) is 16.0. The summed E-state index contributed by atoms with van der Waals surface area (Å²) < 4.78 is 18.6. The molecule has 0 bridgehead atoms. The van der Waals surface area contributed by atoms with Crippen molar-refractivity contribution in [2.45, 2.75) is 20.3 Å². The van der Waals surface area contributed by atoms with E-state index in [2.05, 4.69) is 35.4 Å². The lowest BCUT2D eigenvalue weighted by molar-refractivity contribution is 0.355. The van der Waals surface area contributed by atoms with E-state index in [9.17, 15) is 9.46 Å². The molecule has 1 unspecified atom stereocenters. The van der Waals surface area contributed by atoms with Gasteiger partial charge in [-0.15, -0.1) is 4.91 Å². The molecule has 0 saturated heterocycles. The Balaban J connectivity index is 2.24. The van der Waals surface area contributed by atoms with Crippen LogP contribution in [-0.4, -0.2) is 22.6 Å². The maximum absolute atomic E-state index is 12.7. The van der Waals surface area contributed by atoms with Crippen molar-refractivity contribution in [2.75, 3.05) is 12.0 Å². The Kier molecular flexibility index (Phi) is 11.3. The van der Waals surface area contributed by atoms with Gasteiger partial charge in [-0.1, -0.05) is 57.0 Å². The monoisotopic (exact) mass is 502 g/mol. The first-order chi connectivity index (χ1) is 17.4. The average Bonchev–Trinajstić information content (AvgIpc) is 2.87. The van der Waals surface area contributed by atoms with E-state index in [0.717, 1.165) is 12.0 Å². The molecule has 186 valence electrons. The Morgan fingerprint density at radius 2 is 1.97 bits per heavy atom. The number of aryl methyl sites for hydroxylation is 1. The minimum absolute atomic E-state index is 0.0574. The molecule has 2 N–H and O–H groups in total. The summed E-state index contributed by atoms with van der Waals surface area (Å²) in [6.45, 7) is 15.1. The van der Waals surface area contributed by atoms with Crippen LogP contribution >= 0.6 is 0 Å². The molecule has 0 heterocycles. The van der Waals surface area contributed by atoms with E-state index in [1.165, 1.54) is 18.2 Å². The lowest BCUT2D eigenvalue weighted by atomic mass is 10.1. The number of rotatable bonds is 13. The smallest absolute Gasteiger partial charge is 0.160 e. The first-order valence-electron chi connectivity index (χ1n) is 11.2. The molecule has 8 heteroatoms. The third-order valence-corrected chi connectivity index (χ3v) is 6.26. The summed E-state index contributed by atoms with van der Waals surface area (Å²) in [6.07, 6.45) is 17.8. The van der Waals surface area contributed by atoms with Crippen LogP contribution in [-0.2, 0) is 11.2 Å². The van der Waals surface area contributed by atoms with E-state index in [-0.39, 0.29) is 11.4 Å². The molecular formula is C28H30N4O3S. The number of anilines is 1. The van der Waals surface area contributed by atoms with Crippen LogP contribution in [0.25, 0.3) is 0 Å². The van der Waals surface area contributed by atoms with Gasteiger partial charge in [-0.05, 0) is 60.0 Å². The van der Waals surface area contributed by atoms with Crippen molar-refractivity contribution in [1.82, 2.24) is 0 Å². The number of hydrogen-bond donors (Lipinski definition) is 2. The number of nitrogens with zero attached hydrogens (tertiary/aromatic N) is 2. The van der Waals surface area contributed by atoms with Crippen molar-refractivity contribution < 1.29 is 9.29 Å². The van der Waals surface area contributed by atoms with Crippen molar-refractivity contribution in [3.63, 3.8) is 0 Å². The number of allylic oxidation sites excluding steroid dienone is 9. The SMILES string of the molecule is C=C/C=C(\C=C/CC)COc1cc(C)c(N=O)c(N/N=C2/C=CC([S+]([O-])/C(C=C)=C/C=C)=CC2=N)c1. The summed E-state index contributed by atoms with van der Waals surface area (Å²) in [5, 5.41) is 15.7.